The van der Waals surface area contributed by atoms with E-state index in [1.165, 1.54) is 25.7 Å². The zero-order valence-corrected chi connectivity index (χ0v) is 14.1. The maximum Gasteiger partial charge on any atom is 0.333 e. The van der Waals surface area contributed by atoms with Crippen LogP contribution in [0.4, 0.5) is 0 Å². The second-order valence-corrected chi connectivity index (χ2v) is 4.87. The van der Waals surface area contributed by atoms with Gasteiger partial charge in [0.1, 0.15) is 25.5 Å². The van der Waals surface area contributed by atoms with Crippen molar-refractivity contribution >= 4 is 5.97 Å². The summed E-state index contributed by atoms with van der Waals surface area (Å²) in [6.07, 6.45) is 11.2. The Kier molecular flexibility index (Phi) is 10.1. The number of halogens is 1. The molecule has 0 spiro atoms. The molecule has 20 heavy (non-hydrogen) atoms. The van der Waals surface area contributed by atoms with Crippen molar-refractivity contribution in [2.24, 2.45) is 0 Å². The summed E-state index contributed by atoms with van der Waals surface area (Å²) >= 11 is 0. The monoisotopic (exact) mass is 344 g/mol. The molecule has 0 fully saturated rings. The fraction of sp³-hybridized carbons (Fsp3) is 0.600. The number of rotatable bonds is 9. The van der Waals surface area contributed by atoms with Crippen LogP contribution in [0, 0.1) is 0 Å². The molecule has 1 aromatic heterocycles. The molecule has 0 aliphatic carbocycles. The van der Waals surface area contributed by atoms with Crippen LogP contribution in [0.2, 0.25) is 0 Å². The number of nitrogens with zero attached hydrogens (tertiary/aromatic N) is 2. The van der Waals surface area contributed by atoms with Crippen LogP contribution in [0.5, 0.6) is 0 Å². The second-order valence-electron chi connectivity index (χ2n) is 4.87. The van der Waals surface area contributed by atoms with Crippen LogP contribution in [0.25, 0.3) is 0 Å². The molecule has 0 saturated heterocycles. The van der Waals surface area contributed by atoms with E-state index < -0.39 is 0 Å². The molecule has 0 bridgehead atoms. The quantitative estimate of drug-likeness (QED) is 0.261. The molecular weight excluding hydrogens is 320 g/mol. The summed E-state index contributed by atoms with van der Waals surface area (Å²) in [6, 6.07) is 0. The number of carbonyl (C=O) groups excluding carboxylic acids is 1. The molecule has 0 aliphatic rings. The molecule has 1 rings (SSSR count). The Bertz CT molecular complexity index is 416. The average molecular weight is 345 g/mol. The van der Waals surface area contributed by atoms with Gasteiger partial charge in [0, 0.05) is 5.57 Å². The van der Waals surface area contributed by atoms with Gasteiger partial charge in [-0.25, -0.2) is 13.9 Å². The third-order valence-corrected chi connectivity index (χ3v) is 2.95. The third kappa shape index (κ3) is 7.48. The summed E-state index contributed by atoms with van der Waals surface area (Å²) in [5.41, 5.74) is 0.443. The normalized spacial score (nSPS) is 9.90. The summed E-state index contributed by atoms with van der Waals surface area (Å²) in [6.45, 7) is 9.54. The standard InChI is InChI=1S/C15H25N2O2.BrH/c1-4-5-6-7-8-16-9-10-17(13-16)11-12-19-15(18)14(2)3;/h9-10,13H,2,4-8,11-12H2,1,3H3;1H/q+1;/p-1. The zero-order valence-electron chi connectivity index (χ0n) is 12.5. The highest BCUT2D eigenvalue weighted by Gasteiger charge is 2.06. The fourth-order valence-electron chi connectivity index (χ4n) is 1.79. The molecule has 0 aromatic carbocycles. The lowest BCUT2D eigenvalue weighted by molar-refractivity contribution is -0.696. The third-order valence-electron chi connectivity index (χ3n) is 2.95. The molecule has 114 valence electrons. The molecule has 1 aromatic rings. The summed E-state index contributed by atoms with van der Waals surface area (Å²) in [5, 5.41) is 0. The predicted octanol–water partition coefficient (Wildman–Crippen LogP) is -0.521. The summed E-state index contributed by atoms with van der Waals surface area (Å²) in [7, 11) is 0. The summed E-state index contributed by atoms with van der Waals surface area (Å²) in [5.74, 6) is -0.320. The van der Waals surface area contributed by atoms with Gasteiger partial charge in [-0.3, -0.25) is 0 Å². The van der Waals surface area contributed by atoms with Gasteiger partial charge in [0.15, 0.2) is 0 Å². The maximum absolute atomic E-state index is 11.2. The Morgan fingerprint density at radius 3 is 2.75 bits per heavy atom. The van der Waals surface area contributed by atoms with E-state index in [-0.39, 0.29) is 23.0 Å². The van der Waals surface area contributed by atoms with Crippen molar-refractivity contribution in [3.8, 4) is 0 Å². The van der Waals surface area contributed by atoms with E-state index in [2.05, 4.69) is 30.6 Å². The second kappa shape index (κ2) is 10.7. The predicted molar refractivity (Wildman–Crippen MR) is 74.5 cm³/mol. The van der Waals surface area contributed by atoms with Crippen LogP contribution in [0.1, 0.15) is 39.5 Å². The van der Waals surface area contributed by atoms with E-state index in [9.17, 15) is 4.79 Å². The van der Waals surface area contributed by atoms with Gasteiger partial charge < -0.3 is 21.7 Å². The fourth-order valence-corrected chi connectivity index (χ4v) is 1.79. The van der Waals surface area contributed by atoms with Gasteiger partial charge in [-0.05, 0) is 19.8 Å². The number of ether oxygens (including phenoxy) is 1. The first-order chi connectivity index (χ1) is 9.13. The van der Waals surface area contributed by atoms with E-state index in [1.54, 1.807) is 6.92 Å². The highest BCUT2D eigenvalue weighted by Crippen LogP contribution is 1.98. The van der Waals surface area contributed by atoms with Crippen LogP contribution in [-0.4, -0.2) is 17.1 Å². The van der Waals surface area contributed by atoms with E-state index in [0.717, 1.165) is 6.54 Å². The van der Waals surface area contributed by atoms with Gasteiger partial charge in [0.05, 0.1) is 6.54 Å². The Balaban J connectivity index is 0.00000361. The number of esters is 1. The summed E-state index contributed by atoms with van der Waals surface area (Å²) < 4.78 is 9.27. The van der Waals surface area contributed by atoms with Crippen molar-refractivity contribution in [1.82, 2.24) is 4.57 Å². The minimum absolute atomic E-state index is 0. The Morgan fingerprint density at radius 2 is 2.10 bits per heavy atom. The first kappa shape index (κ1) is 18.9. The Labute approximate surface area is 132 Å². The van der Waals surface area contributed by atoms with E-state index in [4.69, 9.17) is 4.74 Å². The van der Waals surface area contributed by atoms with Gasteiger partial charge in [-0.1, -0.05) is 26.3 Å². The lowest BCUT2D eigenvalue weighted by Gasteiger charge is -2.01. The number of imidazole rings is 1. The maximum atomic E-state index is 11.2. The topological polar surface area (TPSA) is 35.1 Å². The van der Waals surface area contributed by atoms with Crippen molar-refractivity contribution in [2.75, 3.05) is 6.61 Å². The van der Waals surface area contributed by atoms with Crippen LogP contribution in [-0.2, 0) is 22.6 Å². The van der Waals surface area contributed by atoms with Crippen molar-refractivity contribution in [2.45, 2.75) is 52.6 Å². The molecule has 1 heterocycles. The SMILES string of the molecule is C=C(C)C(=O)OCCn1cc[n+](CCCCCC)c1.[Br-]. The van der Waals surface area contributed by atoms with Crippen LogP contribution in [0.3, 0.4) is 0 Å². The van der Waals surface area contributed by atoms with Gasteiger partial charge in [-0.15, -0.1) is 0 Å². The van der Waals surface area contributed by atoms with Crippen molar-refractivity contribution in [1.29, 1.82) is 0 Å². The number of carbonyl (C=O) groups is 1. The average Bonchev–Trinajstić information content (AvgIpc) is 2.82. The number of hydrogen-bond donors (Lipinski definition) is 0. The molecule has 0 saturated carbocycles. The summed E-state index contributed by atoms with van der Waals surface area (Å²) in [4.78, 5) is 11.2. The largest absolute Gasteiger partial charge is 1.00 e. The van der Waals surface area contributed by atoms with Crippen LogP contribution in [0.15, 0.2) is 30.9 Å². The zero-order chi connectivity index (χ0) is 14.1. The highest BCUT2D eigenvalue weighted by molar-refractivity contribution is 5.86. The minimum Gasteiger partial charge on any atom is -1.00 e. The number of aryl methyl sites for hydroxylation is 1. The van der Waals surface area contributed by atoms with Crippen molar-refractivity contribution in [3.05, 3.63) is 30.9 Å². The first-order valence-corrected chi connectivity index (χ1v) is 7.01. The van der Waals surface area contributed by atoms with Crippen LogP contribution < -0.4 is 21.5 Å². The van der Waals surface area contributed by atoms with Gasteiger partial charge in [0.2, 0.25) is 6.33 Å². The van der Waals surface area contributed by atoms with Crippen molar-refractivity contribution in [3.63, 3.8) is 0 Å². The van der Waals surface area contributed by atoms with Crippen LogP contribution >= 0.6 is 0 Å². The van der Waals surface area contributed by atoms with E-state index in [0.29, 0.717) is 18.7 Å². The van der Waals surface area contributed by atoms with E-state index in [1.807, 2.05) is 10.8 Å². The molecule has 0 N–H and O–H groups in total. The van der Waals surface area contributed by atoms with Gasteiger partial charge in [-0.2, -0.15) is 0 Å². The molecule has 0 unspecified atom stereocenters. The van der Waals surface area contributed by atoms with Crippen molar-refractivity contribution < 1.29 is 31.1 Å². The van der Waals surface area contributed by atoms with E-state index >= 15 is 0 Å². The molecular formula is C15H25BrN2O2. The Hall–Kier alpha value is -1.10. The Morgan fingerprint density at radius 1 is 1.35 bits per heavy atom. The molecule has 0 aliphatic heterocycles. The molecule has 0 amide bonds. The number of hydrogen-bond acceptors (Lipinski definition) is 2. The minimum atomic E-state index is -0.320. The number of aromatic nitrogens is 2. The lowest BCUT2D eigenvalue weighted by Crippen LogP contribution is -3.00. The first-order valence-electron chi connectivity index (χ1n) is 7.01. The smallest absolute Gasteiger partial charge is 0.333 e. The van der Waals surface area contributed by atoms with Gasteiger partial charge >= 0.3 is 5.97 Å². The molecule has 5 heteroatoms. The lowest BCUT2D eigenvalue weighted by atomic mass is 10.2. The van der Waals surface area contributed by atoms with Gasteiger partial charge in [0.25, 0.3) is 0 Å². The molecule has 0 radical (unpaired) electrons. The molecule has 0 atom stereocenters. The number of unbranched alkanes of at least 4 members (excludes halogenated alkanes) is 3. The molecule has 4 nitrogen and oxygen atoms in total. The highest BCUT2D eigenvalue weighted by atomic mass is 79.9.